The van der Waals surface area contributed by atoms with Crippen LogP contribution in [0.5, 0.6) is 0 Å². The average molecular weight is 228 g/mol. The standard InChI is InChI=1S/C10H14ClN3O/c1-7-5-14(6-8(2)15-7)9-3-4-12-10(11)13-9/h3-4,7-8H,5-6H2,1-2H3/t7-,8+. The fourth-order valence-electron chi connectivity index (χ4n) is 1.87. The molecule has 1 fully saturated rings. The zero-order valence-electron chi connectivity index (χ0n) is 8.85. The molecule has 0 unspecified atom stereocenters. The largest absolute Gasteiger partial charge is 0.372 e. The van der Waals surface area contributed by atoms with Crippen molar-refractivity contribution in [1.29, 1.82) is 0 Å². The molecule has 0 aromatic carbocycles. The van der Waals surface area contributed by atoms with Crippen LogP contribution in [-0.2, 0) is 4.74 Å². The molecule has 0 saturated carbocycles. The van der Waals surface area contributed by atoms with Crippen LogP contribution in [0.2, 0.25) is 5.28 Å². The Morgan fingerprint density at radius 1 is 1.40 bits per heavy atom. The van der Waals surface area contributed by atoms with Gasteiger partial charge in [0.15, 0.2) is 0 Å². The summed E-state index contributed by atoms with van der Waals surface area (Å²) in [7, 11) is 0. The van der Waals surface area contributed by atoms with Crippen LogP contribution < -0.4 is 4.90 Å². The Hall–Kier alpha value is -0.870. The Labute approximate surface area is 94.2 Å². The minimum Gasteiger partial charge on any atom is -0.372 e. The first-order valence-corrected chi connectivity index (χ1v) is 5.42. The van der Waals surface area contributed by atoms with Crippen LogP contribution in [0.4, 0.5) is 5.82 Å². The van der Waals surface area contributed by atoms with Crippen molar-refractivity contribution in [2.75, 3.05) is 18.0 Å². The summed E-state index contributed by atoms with van der Waals surface area (Å²) in [6, 6.07) is 1.87. The third kappa shape index (κ3) is 2.58. The number of aromatic nitrogens is 2. The van der Waals surface area contributed by atoms with Crippen molar-refractivity contribution in [3.63, 3.8) is 0 Å². The molecule has 1 aromatic rings. The van der Waals surface area contributed by atoms with Gasteiger partial charge in [0.05, 0.1) is 12.2 Å². The second-order valence-corrected chi connectivity index (χ2v) is 4.18. The molecular weight excluding hydrogens is 214 g/mol. The van der Waals surface area contributed by atoms with E-state index in [0.717, 1.165) is 18.9 Å². The van der Waals surface area contributed by atoms with Crippen LogP contribution in [0.25, 0.3) is 0 Å². The normalized spacial score (nSPS) is 26.7. The fourth-order valence-corrected chi connectivity index (χ4v) is 2.01. The molecule has 15 heavy (non-hydrogen) atoms. The molecule has 2 heterocycles. The molecule has 1 aliphatic rings. The van der Waals surface area contributed by atoms with Gasteiger partial charge in [-0.25, -0.2) is 9.97 Å². The minimum absolute atomic E-state index is 0.225. The van der Waals surface area contributed by atoms with Gasteiger partial charge in [-0.3, -0.25) is 0 Å². The smallest absolute Gasteiger partial charge is 0.224 e. The summed E-state index contributed by atoms with van der Waals surface area (Å²) in [4.78, 5) is 10.2. The van der Waals surface area contributed by atoms with E-state index in [9.17, 15) is 0 Å². The van der Waals surface area contributed by atoms with Crippen LogP contribution in [0.3, 0.4) is 0 Å². The molecule has 0 bridgehead atoms. The summed E-state index contributed by atoms with van der Waals surface area (Å²) in [5, 5.41) is 0.291. The Morgan fingerprint density at radius 3 is 2.67 bits per heavy atom. The Kier molecular flexibility index (Phi) is 3.07. The molecular formula is C10H14ClN3O. The van der Waals surface area contributed by atoms with Crippen molar-refractivity contribution < 1.29 is 4.74 Å². The van der Waals surface area contributed by atoms with Gasteiger partial charge in [0.25, 0.3) is 0 Å². The molecule has 82 valence electrons. The van der Waals surface area contributed by atoms with Gasteiger partial charge in [0.1, 0.15) is 5.82 Å². The predicted octanol–water partition coefficient (Wildman–Crippen LogP) is 1.74. The molecule has 2 atom stereocenters. The highest BCUT2D eigenvalue weighted by molar-refractivity contribution is 6.28. The summed E-state index contributed by atoms with van der Waals surface area (Å²) < 4.78 is 5.65. The lowest BCUT2D eigenvalue weighted by Gasteiger charge is -2.35. The molecule has 1 aromatic heterocycles. The van der Waals surface area contributed by atoms with Gasteiger partial charge in [0, 0.05) is 19.3 Å². The van der Waals surface area contributed by atoms with Crippen LogP contribution in [0.15, 0.2) is 12.3 Å². The zero-order valence-corrected chi connectivity index (χ0v) is 9.61. The van der Waals surface area contributed by atoms with E-state index in [4.69, 9.17) is 16.3 Å². The van der Waals surface area contributed by atoms with Crippen molar-refractivity contribution >= 4 is 17.4 Å². The van der Waals surface area contributed by atoms with E-state index in [1.807, 2.05) is 6.07 Å². The Balaban J connectivity index is 2.16. The number of nitrogens with zero attached hydrogens (tertiary/aromatic N) is 3. The summed E-state index contributed by atoms with van der Waals surface area (Å²) in [6.07, 6.45) is 2.13. The maximum atomic E-state index is 5.76. The highest BCUT2D eigenvalue weighted by Gasteiger charge is 2.23. The monoisotopic (exact) mass is 227 g/mol. The highest BCUT2D eigenvalue weighted by Crippen LogP contribution is 2.18. The van der Waals surface area contributed by atoms with Crippen LogP contribution >= 0.6 is 11.6 Å². The van der Waals surface area contributed by atoms with E-state index in [0.29, 0.717) is 5.28 Å². The first kappa shape index (κ1) is 10.6. The van der Waals surface area contributed by atoms with Crippen molar-refractivity contribution in [3.05, 3.63) is 17.5 Å². The first-order chi connectivity index (χ1) is 7.15. The molecule has 1 saturated heterocycles. The van der Waals surface area contributed by atoms with Gasteiger partial charge < -0.3 is 9.64 Å². The summed E-state index contributed by atoms with van der Waals surface area (Å²) in [5.41, 5.74) is 0. The number of anilines is 1. The van der Waals surface area contributed by atoms with Gasteiger partial charge in [0.2, 0.25) is 5.28 Å². The molecule has 0 spiro atoms. The van der Waals surface area contributed by atoms with Crippen molar-refractivity contribution in [3.8, 4) is 0 Å². The van der Waals surface area contributed by atoms with Gasteiger partial charge >= 0.3 is 0 Å². The number of ether oxygens (including phenoxy) is 1. The first-order valence-electron chi connectivity index (χ1n) is 5.04. The van der Waals surface area contributed by atoms with Gasteiger partial charge in [-0.05, 0) is 31.5 Å². The summed E-state index contributed by atoms with van der Waals surface area (Å²) in [5.74, 6) is 0.872. The van der Waals surface area contributed by atoms with Gasteiger partial charge in [-0.15, -0.1) is 0 Å². The lowest BCUT2D eigenvalue weighted by Crippen LogP contribution is -2.45. The number of rotatable bonds is 1. The maximum absolute atomic E-state index is 5.76. The van der Waals surface area contributed by atoms with E-state index in [-0.39, 0.29) is 12.2 Å². The zero-order chi connectivity index (χ0) is 10.8. The quantitative estimate of drug-likeness (QED) is 0.685. The molecule has 0 radical (unpaired) electrons. The number of morpholine rings is 1. The van der Waals surface area contributed by atoms with Crippen molar-refractivity contribution in [1.82, 2.24) is 9.97 Å². The Bertz CT molecular complexity index is 337. The van der Waals surface area contributed by atoms with Crippen LogP contribution in [-0.4, -0.2) is 35.3 Å². The summed E-state index contributed by atoms with van der Waals surface area (Å²) >= 11 is 5.76. The lowest BCUT2D eigenvalue weighted by atomic mass is 10.2. The number of hydrogen-bond donors (Lipinski definition) is 0. The fraction of sp³-hybridized carbons (Fsp3) is 0.600. The van der Waals surface area contributed by atoms with E-state index in [1.165, 1.54) is 0 Å². The van der Waals surface area contributed by atoms with Crippen LogP contribution in [0, 0.1) is 0 Å². The SMILES string of the molecule is C[C@@H]1CN(c2ccnc(Cl)n2)C[C@H](C)O1. The van der Waals surface area contributed by atoms with E-state index in [1.54, 1.807) is 6.20 Å². The van der Waals surface area contributed by atoms with E-state index in [2.05, 4.69) is 28.7 Å². The Morgan fingerprint density at radius 2 is 2.07 bits per heavy atom. The minimum atomic E-state index is 0.225. The third-order valence-electron chi connectivity index (χ3n) is 2.36. The van der Waals surface area contributed by atoms with Gasteiger partial charge in [-0.2, -0.15) is 0 Å². The molecule has 1 aliphatic heterocycles. The topological polar surface area (TPSA) is 38.2 Å². The molecule has 0 amide bonds. The molecule has 0 N–H and O–H groups in total. The lowest BCUT2D eigenvalue weighted by molar-refractivity contribution is -0.00546. The highest BCUT2D eigenvalue weighted by atomic mass is 35.5. The molecule has 4 nitrogen and oxygen atoms in total. The predicted molar refractivity (Wildman–Crippen MR) is 59.3 cm³/mol. The van der Waals surface area contributed by atoms with Crippen molar-refractivity contribution in [2.45, 2.75) is 26.1 Å². The van der Waals surface area contributed by atoms with E-state index < -0.39 is 0 Å². The molecule has 5 heteroatoms. The number of hydrogen-bond acceptors (Lipinski definition) is 4. The van der Waals surface area contributed by atoms with Gasteiger partial charge in [-0.1, -0.05) is 0 Å². The average Bonchev–Trinajstić information content (AvgIpc) is 2.16. The maximum Gasteiger partial charge on any atom is 0.224 e. The molecule has 2 rings (SSSR count). The third-order valence-corrected chi connectivity index (χ3v) is 2.54. The van der Waals surface area contributed by atoms with E-state index >= 15 is 0 Å². The van der Waals surface area contributed by atoms with Crippen molar-refractivity contribution in [2.24, 2.45) is 0 Å². The second kappa shape index (κ2) is 4.33. The van der Waals surface area contributed by atoms with Crippen LogP contribution in [0.1, 0.15) is 13.8 Å². The number of halogens is 1. The summed E-state index contributed by atoms with van der Waals surface area (Å²) in [6.45, 7) is 5.81. The second-order valence-electron chi connectivity index (χ2n) is 3.85. The molecule has 0 aliphatic carbocycles.